The molecule has 1 saturated heterocycles. The van der Waals surface area contributed by atoms with E-state index in [1.165, 1.54) is 33.3 Å². The molecule has 144 valence electrons. The van der Waals surface area contributed by atoms with Gasteiger partial charge in [0.15, 0.2) is 0 Å². The van der Waals surface area contributed by atoms with E-state index < -0.39 is 23.8 Å². The average Bonchev–Trinajstić information content (AvgIpc) is 3.16. The van der Waals surface area contributed by atoms with Crippen LogP contribution in [0.4, 0.5) is 4.79 Å². The molecule has 0 bridgehead atoms. The van der Waals surface area contributed by atoms with E-state index in [0.717, 1.165) is 9.80 Å². The van der Waals surface area contributed by atoms with Crippen molar-refractivity contribution >= 4 is 41.5 Å². The minimum Gasteiger partial charge on any atom is -0.465 e. The van der Waals surface area contributed by atoms with Gasteiger partial charge in [0.1, 0.15) is 17.1 Å². The van der Waals surface area contributed by atoms with Gasteiger partial charge in [-0.05, 0) is 30.3 Å². The zero-order valence-corrected chi connectivity index (χ0v) is 15.9. The summed E-state index contributed by atoms with van der Waals surface area (Å²) >= 11 is 6.11. The number of carbonyl (C=O) groups is 4. The number of amides is 4. The Kier molecular flexibility index (Phi) is 5.06. The van der Waals surface area contributed by atoms with Gasteiger partial charge in [0.25, 0.3) is 11.8 Å². The Morgan fingerprint density at radius 2 is 1.71 bits per heavy atom. The van der Waals surface area contributed by atoms with Crippen LogP contribution in [0.1, 0.15) is 16.1 Å². The Morgan fingerprint density at radius 3 is 2.29 bits per heavy atom. The van der Waals surface area contributed by atoms with Gasteiger partial charge >= 0.3 is 12.0 Å². The summed E-state index contributed by atoms with van der Waals surface area (Å²) in [7, 11) is 3.84. The fourth-order valence-electron chi connectivity index (χ4n) is 2.65. The van der Waals surface area contributed by atoms with Gasteiger partial charge in [0, 0.05) is 19.7 Å². The third-order valence-corrected chi connectivity index (χ3v) is 4.53. The predicted molar refractivity (Wildman–Crippen MR) is 99.4 cm³/mol. The number of nitrogens with zero attached hydrogens (tertiary/aromatic N) is 2. The summed E-state index contributed by atoms with van der Waals surface area (Å²) in [6.45, 7) is 0. The van der Waals surface area contributed by atoms with Crippen molar-refractivity contribution in [3.05, 3.63) is 52.3 Å². The first-order chi connectivity index (χ1) is 13.2. The third kappa shape index (κ3) is 3.29. The van der Waals surface area contributed by atoms with Crippen LogP contribution in [0.25, 0.3) is 17.4 Å². The highest BCUT2D eigenvalue weighted by Gasteiger charge is 2.38. The van der Waals surface area contributed by atoms with Gasteiger partial charge in [0.05, 0.1) is 17.7 Å². The number of imide groups is 2. The number of benzene rings is 1. The van der Waals surface area contributed by atoms with E-state index in [0.29, 0.717) is 11.3 Å². The number of methoxy groups -OCH3 is 1. The van der Waals surface area contributed by atoms with E-state index in [9.17, 15) is 19.2 Å². The number of carbonyl (C=O) groups excluding carboxylic acids is 4. The van der Waals surface area contributed by atoms with Crippen LogP contribution >= 0.6 is 11.6 Å². The lowest BCUT2D eigenvalue weighted by molar-refractivity contribution is -0.134. The molecule has 0 unspecified atom stereocenters. The van der Waals surface area contributed by atoms with Gasteiger partial charge in [-0.25, -0.2) is 9.59 Å². The maximum atomic E-state index is 12.2. The van der Waals surface area contributed by atoms with Crippen molar-refractivity contribution in [1.29, 1.82) is 0 Å². The number of rotatable bonds is 3. The molecule has 1 aromatic heterocycles. The van der Waals surface area contributed by atoms with E-state index in [-0.39, 0.29) is 21.9 Å². The molecule has 1 aromatic carbocycles. The zero-order valence-electron chi connectivity index (χ0n) is 15.2. The van der Waals surface area contributed by atoms with Crippen LogP contribution in [-0.2, 0) is 14.3 Å². The lowest BCUT2D eigenvalue weighted by Gasteiger charge is -2.28. The van der Waals surface area contributed by atoms with Gasteiger partial charge in [0.2, 0.25) is 0 Å². The fourth-order valence-corrected chi connectivity index (χ4v) is 2.90. The standard InChI is InChI=1S/C19H15ClN2O6/c1-21-16(23)13(17(24)22(2)19(21)26)9-11-5-7-15(28-11)10-4-6-12(14(20)8-10)18(25)27-3/h4-9H,1-3H3. The van der Waals surface area contributed by atoms with Gasteiger partial charge in [-0.15, -0.1) is 0 Å². The number of esters is 1. The molecule has 1 aliphatic heterocycles. The number of halogens is 1. The molecule has 4 amide bonds. The molecule has 0 spiro atoms. The van der Waals surface area contributed by atoms with Crippen molar-refractivity contribution < 1.29 is 28.3 Å². The topological polar surface area (TPSA) is 97.1 Å². The van der Waals surface area contributed by atoms with Gasteiger partial charge < -0.3 is 9.15 Å². The van der Waals surface area contributed by atoms with Crippen molar-refractivity contribution in [2.45, 2.75) is 0 Å². The Hall–Kier alpha value is -3.39. The number of barbiturate groups is 1. The molecule has 0 saturated carbocycles. The maximum absolute atomic E-state index is 12.2. The summed E-state index contributed by atoms with van der Waals surface area (Å²) in [6.07, 6.45) is 1.28. The molecule has 8 nitrogen and oxygen atoms in total. The zero-order chi connectivity index (χ0) is 20.6. The van der Waals surface area contributed by atoms with Crippen molar-refractivity contribution in [3.63, 3.8) is 0 Å². The lowest BCUT2D eigenvalue weighted by Crippen LogP contribution is -2.52. The molecule has 2 aromatic rings. The van der Waals surface area contributed by atoms with Crippen LogP contribution in [0.3, 0.4) is 0 Å². The minimum atomic E-state index is -0.712. The molecule has 1 aliphatic rings. The molecule has 2 heterocycles. The first kappa shape index (κ1) is 19.4. The second kappa shape index (κ2) is 7.32. The summed E-state index contributed by atoms with van der Waals surface area (Å²) < 4.78 is 10.3. The monoisotopic (exact) mass is 402 g/mol. The Labute approximate surface area is 164 Å². The molecule has 0 atom stereocenters. The van der Waals surface area contributed by atoms with E-state index in [1.54, 1.807) is 24.3 Å². The molecule has 28 heavy (non-hydrogen) atoms. The lowest BCUT2D eigenvalue weighted by atomic mass is 10.1. The summed E-state index contributed by atoms with van der Waals surface area (Å²) in [5, 5.41) is 0.194. The second-order valence-electron chi connectivity index (χ2n) is 5.96. The summed E-state index contributed by atoms with van der Waals surface area (Å²) in [5.74, 6) is -1.32. The smallest absolute Gasteiger partial charge is 0.339 e. The van der Waals surface area contributed by atoms with Gasteiger partial charge in [-0.1, -0.05) is 17.7 Å². The first-order valence-electron chi connectivity index (χ1n) is 8.04. The molecule has 0 aliphatic carbocycles. The van der Waals surface area contributed by atoms with Crippen LogP contribution in [0.5, 0.6) is 0 Å². The van der Waals surface area contributed by atoms with E-state index >= 15 is 0 Å². The molecular formula is C19H15ClN2O6. The highest BCUT2D eigenvalue weighted by atomic mass is 35.5. The number of ether oxygens (including phenoxy) is 1. The second-order valence-corrected chi connectivity index (χ2v) is 6.36. The minimum absolute atomic E-state index is 0.190. The first-order valence-corrected chi connectivity index (χ1v) is 8.42. The van der Waals surface area contributed by atoms with Crippen molar-refractivity contribution in [2.24, 2.45) is 0 Å². The van der Waals surface area contributed by atoms with Crippen molar-refractivity contribution in [3.8, 4) is 11.3 Å². The Bertz CT molecular complexity index is 1010. The van der Waals surface area contributed by atoms with E-state index in [4.69, 9.17) is 16.0 Å². The van der Waals surface area contributed by atoms with Crippen LogP contribution < -0.4 is 0 Å². The predicted octanol–water partition coefficient (Wildman–Crippen LogP) is 2.82. The molecular weight excluding hydrogens is 388 g/mol. The highest BCUT2D eigenvalue weighted by Crippen LogP contribution is 2.29. The largest absolute Gasteiger partial charge is 0.465 e. The molecule has 1 fully saturated rings. The summed E-state index contributed by atoms with van der Waals surface area (Å²) in [5.41, 5.74) is 0.619. The van der Waals surface area contributed by atoms with Crippen molar-refractivity contribution in [1.82, 2.24) is 9.80 Å². The average molecular weight is 403 g/mol. The van der Waals surface area contributed by atoms with E-state index in [2.05, 4.69) is 4.74 Å². The molecule has 0 radical (unpaired) electrons. The molecule has 9 heteroatoms. The SMILES string of the molecule is COC(=O)c1ccc(-c2ccc(C=C3C(=O)N(C)C(=O)N(C)C3=O)o2)cc1Cl. The molecule has 3 rings (SSSR count). The van der Waals surface area contributed by atoms with Gasteiger partial charge in [-0.2, -0.15) is 0 Å². The van der Waals surface area contributed by atoms with Crippen LogP contribution in [0.2, 0.25) is 5.02 Å². The highest BCUT2D eigenvalue weighted by molar-refractivity contribution is 6.34. The number of likely N-dealkylation sites (N-methyl/N-ethyl adjacent to an activating group) is 2. The fraction of sp³-hybridized carbons (Fsp3) is 0.158. The normalized spacial score (nSPS) is 14.6. The van der Waals surface area contributed by atoms with E-state index in [1.807, 2.05) is 0 Å². The van der Waals surface area contributed by atoms with Crippen LogP contribution in [0, 0.1) is 0 Å². The molecule has 0 N–H and O–H groups in total. The summed E-state index contributed by atoms with van der Waals surface area (Å²) in [6, 6.07) is 7.18. The Balaban J connectivity index is 1.92. The quantitative estimate of drug-likeness (QED) is 0.445. The number of urea groups is 1. The Morgan fingerprint density at radius 1 is 1.07 bits per heavy atom. The number of furan rings is 1. The van der Waals surface area contributed by atoms with Crippen LogP contribution in [0.15, 0.2) is 40.3 Å². The number of hydrogen-bond acceptors (Lipinski definition) is 6. The maximum Gasteiger partial charge on any atom is 0.339 e. The summed E-state index contributed by atoms with van der Waals surface area (Å²) in [4.78, 5) is 49.6. The van der Waals surface area contributed by atoms with Crippen molar-refractivity contribution in [2.75, 3.05) is 21.2 Å². The van der Waals surface area contributed by atoms with Gasteiger partial charge in [-0.3, -0.25) is 19.4 Å². The number of hydrogen-bond donors (Lipinski definition) is 0. The van der Waals surface area contributed by atoms with Crippen LogP contribution in [-0.4, -0.2) is 54.8 Å². The third-order valence-electron chi connectivity index (χ3n) is 4.22.